The smallest absolute Gasteiger partial charge is 0.251 e. The Balaban J connectivity index is 1.30. The molecule has 1 aliphatic heterocycles. The van der Waals surface area contributed by atoms with Gasteiger partial charge in [-0.25, -0.2) is 4.98 Å². The van der Waals surface area contributed by atoms with Gasteiger partial charge < -0.3 is 19.4 Å². The number of nitrogens with zero attached hydrogens (tertiary/aromatic N) is 3. The number of rotatable bonds is 9. The number of amides is 1. The van der Waals surface area contributed by atoms with Gasteiger partial charge in [0.2, 0.25) is 0 Å². The second-order valence-electron chi connectivity index (χ2n) is 8.53. The van der Waals surface area contributed by atoms with Crippen molar-refractivity contribution >= 4 is 28.7 Å². The Morgan fingerprint density at radius 3 is 2.89 bits per heavy atom. The summed E-state index contributed by atoms with van der Waals surface area (Å²) in [7, 11) is 1.68. The summed E-state index contributed by atoms with van der Waals surface area (Å²) in [6.07, 6.45) is 5.82. The number of imidazole rings is 1. The molecular weight excluding hydrogens is 460 g/mol. The van der Waals surface area contributed by atoms with E-state index in [2.05, 4.69) is 20.9 Å². The van der Waals surface area contributed by atoms with Crippen molar-refractivity contribution < 1.29 is 14.3 Å². The standard InChI is InChI=1S/C27H28N4O3S/c1-33-22-5-2-4-20(14-22)18-35-27-30-24-11-12-28-16-25(24)31(27)17-19-7-9-21(10-8-19)26(32)29-15-23-6-3-13-34-23/h2,4-5,7-12,14,16,23H,3,6,13,15,17-18H2,1H3,(H,29,32)/t23-/m0/s1. The van der Waals surface area contributed by atoms with Gasteiger partial charge in [0.15, 0.2) is 5.16 Å². The third-order valence-electron chi connectivity index (χ3n) is 6.09. The molecule has 35 heavy (non-hydrogen) atoms. The van der Waals surface area contributed by atoms with E-state index in [0.717, 1.165) is 52.7 Å². The van der Waals surface area contributed by atoms with Gasteiger partial charge in [-0.3, -0.25) is 9.78 Å². The maximum Gasteiger partial charge on any atom is 0.251 e. The topological polar surface area (TPSA) is 78.3 Å². The average molecular weight is 489 g/mol. The zero-order valence-electron chi connectivity index (χ0n) is 19.6. The van der Waals surface area contributed by atoms with E-state index in [4.69, 9.17) is 14.5 Å². The van der Waals surface area contributed by atoms with Crippen molar-refractivity contribution in [3.8, 4) is 5.75 Å². The normalized spacial score (nSPS) is 15.4. The van der Waals surface area contributed by atoms with Crippen LogP contribution in [0.5, 0.6) is 5.75 Å². The summed E-state index contributed by atoms with van der Waals surface area (Å²) >= 11 is 1.68. The second-order valence-corrected chi connectivity index (χ2v) is 9.47. The molecule has 1 aliphatic rings. The minimum absolute atomic E-state index is 0.0705. The first-order valence-corrected chi connectivity index (χ1v) is 12.7. The van der Waals surface area contributed by atoms with E-state index in [1.165, 1.54) is 5.56 Å². The number of carbonyl (C=O) groups excluding carboxylic acids is 1. The van der Waals surface area contributed by atoms with E-state index in [0.29, 0.717) is 18.7 Å². The number of ether oxygens (including phenoxy) is 2. The maximum atomic E-state index is 12.5. The summed E-state index contributed by atoms with van der Waals surface area (Å²) in [5.41, 5.74) is 4.81. The molecule has 1 fully saturated rings. The van der Waals surface area contributed by atoms with Gasteiger partial charge in [-0.15, -0.1) is 0 Å². The summed E-state index contributed by atoms with van der Waals surface area (Å²) in [5.74, 6) is 1.55. The van der Waals surface area contributed by atoms with Crippen molar-refractivity contribution in [2.24, 2.45) is 0 Å². The predicted octanol–water partition coefficient (Wildman–Crippen LogP) is 4.69. The fraction of sp³-hybridized carbons (Fsp3) is 0.296. The zero-order valence-corrected chi connectivity index (χ0v) is 20.5. The summed E-state index contributed by atoms with van der Waals surface area (Å²) in [6, 6.07) is 17.8. The minimum atomic E-state index is -0.0705. The number of hydrogen-bond donors (Lipinski definition) is 1. The summed E-state index contributed by atoms with van der Waals surface area (Å²) < 4.78 is 13.1. The van der Waals surface area contributed by atoms with Crippen molar-refractivity contribution in [1.82, 2.24) is 19.9 Å². The molecule has 3 heterocycles. The lowest BCUT2D eigenvalue weighted by Gasteiger charge is -2.12. The van der Waals surface area contributed by atoms with Crippen LogP contribution in [0.3, 0.4) is 0 Å². The number of methoxy groups -OCH3 is 1. The Bertz CT molecular complexity index is 1300. The largest absolute Gasteiger partial charge is 0.497 e. The Morgan fingerprint density at radius 1 is 1.20 bits per heavy atom. The lowest BCUT2D eigenvalue weighted by molar-refractivity contribution is 0.0858. The Hall–Kier alpha value is -3.36. The van der Waals surface area contributed by atoms with Crippen molar-refractivity contribution in [3.63, 3.8) is 0 Å². The number of aromatic nitrogens is 3. The SMILES string of the molecule is COc1cccc(CSc2nc3ccncc3n2Cc2ccc(C(=O)NC[C@@H]3CCCO3)cc2)c1. The van der Waals surface area contributed by atoms with Crippen LogP contribution in [0.1, 0.15) is 34.3 Å². The van der Waals surface area contributed by atoms with Crippen LogP contribution in [0.25, 0.3) is 11.0 Å². The third-order valence-corrected chi connectivity index (χ3v) is 7.14. The van der Waals surface area contributed by atoms with Crippen LogP contribution < -0.4 is 10.1 Å². The molecule has 8 heteroatoms. The predicted molar refractivity (Wildman–Crippen MR) is 137 cm³/mol. The first-order chi connectivity index (χ1) is 17.2. The fourth-order valence-electron chi connectivity index (χ4n) is 4.18. The highest BCUT2D eigenvalue weighted by atomic mass is 32.2. The summed E-state index contributed by atoms with van der Waals surface area (Å²) in [6.45, 7) is 1.98. The fourth-order valence-corrected chi connectivity index (χ4v) is 5.14. The van der Waals surface area contributed by atoms with Gasteiger partial charge in [-0.2, -0.15) is 0 Å². The Morgan fingerprint density at radius 2 is 2.09 bits per heavy atom. The lowest BCUT2D eigenvalue weighted by atomic mass is 10.1. The molecular formula is C27H28N4O3S. The molecule has 5 rings (SSSR count). The molecule has 2 aromatic heterocycles. The number of carbonyl (C=O) groups is 1. The van der Waals surface area contributed by atoms with Crippen LogP contribution in [-0.2, 0) is 17.0 Å². The van der Waals surface area contributed by atoms with Crippen LogP contribution in [0.15, 0.2) is 72.1 Å². The molecule has 0 unspecified atom stereocenters. The van der Waals surface area contributed by atoms with E-state index in [9.17, 15) is 4.79 Å². The van der Waals surface area contributed by atoms with Crippen LogP contribution in [0.4, 0.5) is 0 Å². The molecule has 0 bridgehead atoms. The van der Waals surface area contributed by atoms with Gasteiger partial charge in [0.1, 0.15) is 5.75 Å². The van der Waals surface area contributed by atoms with Gasteiger partial charge in [-0.05, 0) is 54.3 Å². The van der Waals surface area contributed by atoms with Crippen LogP contribution in [0.2, 0.25) is 0 Å². The first kappa shape index (κ1) is 23.4. The van der Waals surface area contributed by atoms with E-state index in [1.807, 2.05) is 54.7 Å². The molecule has 4 aromatic rings. The lowest BCUT2D eigenvalue weighted by Crippen LogP contribution is -2.31. The van der Waals surface area contributed by atoms with Crippen LogP contribution in [0, 0.1) is 0 Å². The highest BCUT2D eigenvalue weighted by molar-refractivity contribution is 7.98. The molecule has 0 aliphatic carbocycles. The highest BCUT2D eigenvalue weighted by Crippen LogP contribution is 2.28. The highest BCUT2D eigenvalue weighted by Gasteiger charge is 2.17. The monoisotopic (exact) mass is 488 g/mol. The number of thioether (sulfide) groups is 1. The van der Waals surface area contributed by atoms with Gasteiger partial charge in [0, 0.05) is 30.7 Å². The van der Waals surface area contributed by atoms with E-state index in [-0.39, 0.29) is 12.0 Å². The molecule has 1 saturated heterocycles. The number of fused-ring (bicyclic) bond motifs is 1. The number of benzene rings is 2. The number of hydrogen-bond acceptors (Lipinski definition) is 6. The Kier molecular flexibility index (Phi) is 7.30. The quantitative estimate of drug-likeness (QED) is 0.345. The Labute approximate surface area is 208 Å². The third kappa shape index (κ3) is 5.66. The molecule has 1 amide bonds. The number of pyridine rings is 1. The second kappa shape index (κ2) is 10.9. The minimum Gasteiger partial charge on any atom is -0.497 e. The molecule has 7 nitrogen and oxygen atoms in total. The van der Waals surface area contributed by atoms with Gasteiger partial charge in [-0.1, -0.05) is 36.0 Å². The number of nitrogens with one attached hydrogen (secondary N) is 1. The molecule has 2 aromatic carbocycles. The molecule has 1 atom stereocenters. The van der Waals surface area contributed by atoms with E-state index in [1.54, 1.807) is 25.1 Å². The van der Waals surface area contributed by atoms with E-state index < -0.39 is 0 Å². The van der Waals surface area contributed by atoms with Crippen molar-refractivity contribution in [2.45, 2.75) is 36.4 Å². The zero-order chi connectivity index (χ0) is 24.0. The molecule has 1 N–H and O–H groups in total. The van der Waals surface area contributed by atoms with Crippen LogP contribution in [-0.4, -0.2) is 46.8 Å². The molecule has 0 saturated carbocycles. The van der Waals surface area contributed by atoms with Crippen LogP contribution >= 0.6 is 11.8 Å². The summed E-state index contributed by atoms with van der Waals surface area (Å²) in [5, 5.41) is 3.91. The van der Waals surface area contributed by atoms with Gasteiger partial charge >= 0.3 is 0 Å². The van der Waals surface area contributed by atoms with E-state index >= 15 is 0 Å². The molecule has 0 spiro atoms. The average Bonchev–Trinajstić information content (AvgIpc) is 3.55. The van der Waals surface area contributed by atoms with Gasteiger partial charge in [0.25, 0.3) is 5.91 Å². The first-order valence-electron chi connectivity index (χ1n) is 11.7. The molecule has 0 radical (unpaired) electrons. The molecule has 180 valence electrons. The van der Waals surface area contributed by atoms with Crippen molar-refractivity contribution in [2.75, 3.05) is 20.3 Å². The summed E-state index contributed by atoms with van der Waals surface area (Å²) in [4.78, 5) is 21.7. The maximum absolute atomic E-state index is 12.5. The van der Waals surface area contributed by atoms with Gasteiger partial charge in [0.05, 0.1) is 37.0 Å². The van der Waals surface area contributed by atoms with Crippen molar-refractivity contribution in [3.05, 3.63) is 83.7 Å². The van der Waals surface area contributed by atoms with Crippen molar-refractivity contribution in [1.29, 1.82) is 0 Å².